The first-order valence-corrected chi connectivity index (χ1v) is 7.17. The van der Waals surface area contributed by atoms with Crippen LogP contribution in [0.4, 0.5) is 4.79 Å². The third kappa shape index (κ3) is 3.56. The predicted molar refractivity (Wildman–Crippen MR) is 83.6 cm³/mol. The molecular formula is C16H18N2O5. The molecule has 0 saturated heterocycles. The molecule has 0 bridgehead atoms. The van der Waals surface area contributed by atoms with E-state index in [9.17, 15) is 14.4 Å². The van der Waals surface area contributed by atoms with E-state index in [-0.39, 0.29) is 12.1 Å². The Morgan fingerprint density at radius 1 is 1.22 bits per heavy atom. The second kappa shape index (κ2) is 6.20. The number of carbonyl (C=O) groups excluding carboxylic acids is 2. The maximum Gasteiger partial charge on any atom is 0.422 e. The average molecular weight is 318 g/mol. The summed E-state index contributed by atoms with van der Waals surface area (Å²) < 4.78 is 10.9. The van der Waals surface area contributed by atoms with Gasteiger partial charge in [0.25, 0.3) is 5.56 Å². The van der Waals surface area contributed by atoms with E-state index in [0.29, 0.717) is 5.52 Å². The summed E-state index contributed by atoms with van der Waals surface area (Å²) >= 11 is 0. The highest BCUT2D eigenvalue weighted by molar-refractivity contribution is 5.92. The third-order valence-corrected chi connectivity index (χ3v) is 2.81. The van der Waals surface area contributed by atoms with Gasteiger partial charge in [0.2, 0.25) is 5.69 Å². The minimum atomic E-state index is -0.874. The minimum absolute atomic E-state index is 0.0964. The van der Waals surface area contributed by atoms with Crippen molar-refractivity contribution in [2.45, 2.75) is 33.3 Å². The number of rotatable bonds is 2. The normalized spacial score (nSPS) is 11.3. The lowest BCUT2D eigenvalue weighted by molar-refractivity contribution is 0.0511. The number of aromatic nitrogens is 2. The Kier molecular flexibility index (Phi) is 4.49. The molecule has 0 fully saturated rings. The molecule has 1 aromatic carbocycles. The molecule has 0 aliphatic heterocycles. The van der Waals surface area contributed by atoms with E-state index in [0.717, 1.165) is 4.57 Å². The van der Waals surface area contributed by atoms with Crippen LogP contribution in [0, 0.1) is 0 Å². The van der Waals surface area contributed by atoms with Crippen molar-refractivity contribution in [1.29, 1.82) is 0 Å². The summed E-state index contributed by atoms with van der Waals surface area (Å²) in [6, 6.07) is 6.50. The van der Waals surface area contributed by atoms with Gasteiger partial charge < -0.3 is 9.47 Å². The molecule has 0 atom stereocenters. The zero-order valence-electron chi connectivity index (χ0n) is 13.5. The Hall–Kier alpha value is -2.70. The fourth-order valence-electron chi connectivity index (χ4n) is 1.95. The maximum atomic E-state index is 12.5. The molecule has 0 aliphatic rings. The van der Waals surface area contributed by atoms with Gasteiger partial charge in [0.15, 0.2) is 0 Å². The van der Waals surface area contributed by atoms with Gasteiger partial charge in [-0.2, -0.15) is 0 Å². The van der Waals surface area contributed by atoms with Crippen LogP contribution in [-0.4, -0.2) is 33.8 Å². The summed E-state index contributed by atoms with van der Waals surface area (Å²) in [6.07, 6.45) is -0.869. The van der Waals surface area contributed by atoms with E-state index in [4.69, 9.17) is 9.47 Å². The molecule has 0 saturated carbocycles. The molecule has 7 nitrogen and oxygen atoms in total. The third-order valence-electron chi connectivity index (χ3n) is 2.81. The fourth-order valence-corrected chi connectivity index (χ4v) is 1.95. The van der Waals surface area contributed by atoms with E-state index in [1.54, 1.807) is 52.0 Å². The quantitative estimate of drug-likeness (QED) is 0.790. The first-order valence-electron chi connectivity index (χ1n) is 7.17. The molecule has 7 heteroatoms. The number of ether oxygens (including phenoxy) is 2. The lowest BCUT2D eigenvalue weighted by Gasteiger charge is -2.20. The largest absolute Gasteiger partial charge is 0.461 e. The molecule has 0 unspecified atom stereocenters. The lowest BCUT2D eigenvalue weighted by Crippen LogP contribution is -2.37. The second-order valence-corrected chi connectivity index (χ2v) is 5.79. The standard InChI is InChI=1S/C16H18N2O5/c1-5-22-14(20)12-13(19)18(15(21)23-16(2,3)4)11-9-7-6-8-10(11)17-12/h6-9H,5H2,1-4H3. The second-order valence-electron chi connectivity index (χ2n) is 5.79. The molecule has 0 radical (unpaired) electrons. The first kappa shape index (κ1) is 16.7. The fraction of sp³-hybridized carbons (Fsp3) is 0.375. The van der Waals surface area contributed by atoms with Crippen molar-refractivity contribution in [3.63, 3.8) is 0 Å². The van der Waals surface area contributed by atoms with Crippen LogP contribution in [0.25, 0.3) is 11.0 Å². The van der Waals surface area contributed by atoms with Crippen LogP contribution in [-0.2, 0) is 9.47 Å². The highest BCUT2D eigenvalue weighted by Crippen LogP contribution is 2.14. The van der Waals surface area contributed by atoms with E-state index in [2.05, 4.69) is 4.98 Å². The van der Waals surface area contributed by atoms with Crippen molar-refractivity contribution < 1.29 is 19.1 Å². The average Bonchev–Trinajstić information content (AvgIpc) is 2.44. The number of benzene rings is 1. The van der Waals surface area contributed by atoms with Gasteiger partial charge in [-0.25, -0.2) is 19.1 Å². The van der Waals surface area contributed by atoms with Crippen molar-refractivity contribution >= 4 is 23.1 Å². The van der Waals surface area contributed by atoms with Crippen LogP contribution in [0.1, 0.15) is 38.2 Å². The van der Waals surface area contributed by atoms with Crippen LogP contribution >= 0.6 is 0 Å². The van der Waals surface area contributed by atoms with Crippen LogP contribution in [0.15, 0.2) is 29.1 Å². The van der Waals surface area contributed by atoms with Crippen molar-refractivity contribution in [1.82, 2.24) is 9.55 Å². The molecule has 2 aromatic rings. The SMILES string of the molecule is CCOC(=O)c1nc2ccccc2n(C(=O)OC(C)(C)C)c1=O. The van der Waals surface area contributed by atoms with Gasteiger partial charge in [-0.05, 0) is 39.8 Å². The summed E-state index contributed by atoms with van der Waals surface area (Å²) in [4.78, 5) is 40.9. The highest BCUT2D eigenvalue weighted by atomic mass is 16.6. The van der Waals surface area contributed by atoms with E-state index in [1.165, 1.54) is 0 Å². The summed E-state index contributed by atoms with van der Waals surface area (Å²) in [5.74, 6) is -0.874. The van der Waals surface area contributed by atoms with Gasteiger partial charge in [0, 0.05) is 0 Å². The number of esters is 1. The van der Waals surface area contributed by atoms with Gasteiger partial charge in [-0.1, -0.05) is 12.1 Å². The number of hydrogen-bond donors (Lipinski definition) is 0. The molecule has 0 aliphatic carbocycles. The molecule has 1 aromatic heterocycles. The van der Waals surface area contributed by atoms with Gasteiger partial charge in [0.1, 0.15) is 5.60 Å². The Balaban J connectivity index is 2.70. The molecular weight excluding hydrogens is 300 g/mol. The molecule has 0 spiro atoms. The van der Waals surface area contributed by atoms with Crippen LogP contribution in [0.2, 0.25) is 0 Å². The highest BCUT2D eigenvalue weighted by Gasteiger charge is 2.25. The zero-order chi connectivity index (χ0) is 17.2. The van der Waals surface area contributed by atoms with Gasteiger partial charge in [0.05, 0.1) is 17.6 Å². The number of hydrogen-bond acceptors (Lipinski definition) is 6. The predicted octanol–water partition coefficient (Wildman–Crippen LogP) is 2.36. The molecule has 1 heterocycles. The van der Waals surface area contributed by atoms with Crippen molar-refractivity contribution in [2.75, 3.05) is 6.61 Å². The Morgan fingerprint density at radius 3 is 2.48 bits per heavy atom. The van der Waals surface area contributed by atoms with E-state index in [1.807, 2.05) is 0 Å². The Bertz CT molecular complexity index is 817. The van der Waals surface area contributed by atoms with Crippen LogP contribution < -0.4 is 5.56 Å². The van der Waals surface area contributed by atoms with Crippen molar-refractivity contribution in [3.05, 3.63) is 40.3 Å². The summed E-state index contributed by atoms with van der Waals surface area (Å²) in [5, 5.41) is 0. The maximum absolute atomic E-state index is 12.5. The summed E-state index contributed by atoms with van der Waals surface area (Å²) in [5.41, 5.74) is -1.51. The topological polar surface area (TPSA) is 87.5 Å². The minimum Gasteiger partial charge on any atom is -0.461 e. The Morgan fingerprint density at radius 2 is 1.87 bits per heavy atom. The monoisotopic (exact) mass is 318 g/mol. The number of para-hydroxylation sites is 2. The summed E-state index contributed by atoms with van der Waals surface area (Å²) in [6.45, 7) is 6.77. The van der Waals surface area contributed by atoms with Crippen molar-refractivity contribution in [3.8, 4) is 0 Å². The number of nitrogens with zero attached hydrogens (tertiary/aromatic N) is 2. The lowest BCUT2D eigenvalue weighted by atomic mass is 10.2. The van der Waals surface area contributed by atoms with Gasteiger partial charge in [-0.15, -0.1) is 0 Å². The van der Waals surface area contributed by atoms with E-state index >= 15 is 0 Å². The molecule has 23 heavy (non-hydrogen) atoms. The van der Waals surface area contributed by atoms with Crippen LogP contribution in [0.3, 0.4) is 0 Å². The zero-order valence-corrected chi connectivity index (χ0v) is 13.5. The van der Waals surface area contributed by atoms with Crippen LogP contribution in [0.5, 0.6) is 0 Å². The van der Waals surface area contributed by atoms with E-state index < -0.39 is 28.9 Å². The molecule has 0 amide bonds. The summed E-state index contributed by atoms with van der Waals surface area (Å²) in [7, 11) is 0. The molecule has 0 N–H and O–H groups in total. The van der Waals surface area contributed by atoms with Crippen molar-refractivity contribution in [2.24, 2.45) is 0 Å². The number of fused-ring (bicyclic) bond motifs is 1. The number of carbonyl (C=O) groups is 2. The van der Waals surface area contributed by atoms with Gasteiger partial charge in [-0.3, -0.25) is 4.79 Å². The molecule has 2 rings (SSSR count). The molecule has 122 valence electrons. The Labute approximate surface area is 132 Å². The van der Waals surface area contributed by atoms with Gasteiger partial charge >= 0.3 is 12.1 Å². The first-order chi connectivity index (χ1) is 10.7. The smallest absolute Gasteiger partial charge is 0.422 e.